The van der Waals surface area contributed by atoms with Crippen LogP contribution in [0.4, 0.5) is 10.1 Å². The normalized spacial score (nSPS) is 17.6. The molecule has 0 aliphatic carbocycles. The largest absolute Gasteiger partial charge is 0.358 e. The third-order valence-corrected chi connectivity index (χ3v) is 4.45. The Labute approximate surface area is 157 Å². The molecular weight excluding hydrogens is 347 g/mol. The number of carbonyl (C=O) groups is 2. The second-order valence-corrected chi connectivity index (χ2v) is 6.90. The summed E-state index contributed by atoms with van der Waals surface area (Å²) >= 11 is 0. The van der Waals surface area contributed by atoms with E-state index in [4.69, 9.17) is 0 Å². The van der Waals surface area contributed by atoms with Crippen molar-refractivity contribution < 1.29 is 14.0 Å². The summed E-state index contributed by atoms with van der Waals surface area (Å²) in [6.45, 7) is 2.55. The second-order valence-electron chi connectivity index (χ2n) is 6.90. The lowest BCUT2D eigenvalue weighted by molar-refractivity contribution is -0.120. The zero-order valence-electron chi connectivity index (χ0n) is 15.6. The molecule has 142 valence electrons. The Morgan fingerprint density at radius 3 is 2.81 bits per heavy atom. The maximum Gasteiger partial charge on any atom is 0.256 e. The van der Waals surface area contributed by atoms with Crippen molar-refractivity contribution in [3.05, 3.63) is 58.8 Å². The van der Waals surface area contributed by atoms with Crippen molar-refractivity contribution in [1.82, 2.24) is 15.5 Å². The van der Waals surface area contributed by atoms with Crippen LogP contribution in [0.5, 0.6) is 0 Å². The molecule has 0 aromatic heterocycles. The molecule has 0 atom stereocenters. The fraction of sp³-hybridized carbons (Fsp3) is 0.300. The van der Waals surface area contributed by atoms with E-state index in [1.165, 1.54) is 12.1 Å². The number of fused-ring (bicyclic) bond motifs is 1. The number of amides is 2. The Morgan fingerprint density at radius 2 is 2.11 bits per heavy atom. The summed E-state index contributed by atoms with van der Waals surface area (Å²) in [7, 11) is 3.84. The Bertz CT molecular complexity index is 884. The highest BCUT2D eigenvalue weighted by Crippen LogP contribution is 2.33. The van der Waals surface area contributed by atoms with Crippen LogP contribution in [0.25, 0.3) is 5.57 Å². The molecule has 3 N–H and O–H groups in total. The molecule has 2 heterocycles. The number of hydrogen-bond acceptors (Lipinski definition) is 4. The van der Waals surface area contributed by atoms with Crippen LogP contribution >= 0.6 is 0 Å². The lowest BCUT2D eigenvalue weighted by Crippen LogP contribution is -2.30. The molecule has 0 bridgehead atoms. The molecule has 0 saturated carbocycles. The lowest BCUT2D eigenvalue weighted by Gasteiger charge is -2.20. The molecule has 1 aromatic carbocycles. The minimum absolute atomic E-state index is 0.0328. The highest BCUT2D eigenvalue weighted by Gasteiger charge is 2.25. The van der Waals surface area contributed by atoms with Crippen molar-refractivity contribution in [3.63, 3.8) is 0 Å². The van der Waals surface area contributed by atoms with Crippen molar-refractivity contribution in [3.8, 4) is 0 Å². The van der Waals surface area contributed by atoms with Crippen molar-refractivity contribution in [2.45, 2.75) is 19.8 Å². The van der Waals surface area contributed by atoms with Crippen molar-refractivity contribution >= 4 is 23.1 Å². The fourth-order valence-corrected chi connectivity index (χ4v) is 2.96. The van der Waals surface area contributed by atoms with Gasteiger partial charge in [-0.3, -0.25) is 9.59 Å². The predicted octanol–water partition coefficient (Wildman–Crippen LogP) is 2.34. The molecule has 6 nitrogen and oxygen atoms in total. The van der Waals surface area contributed by atoms with Crippen molar-refractivity contribution in [2.75, 3.05) is 26.0 Å². The van der Waals surface area contributed by atoms with Gasteiger partial charge in [0.15, 0.2) is 0 Å². The molecule has 0 unspecified atom stereocenters. The number of hydrogen-bond donors (Lipinski definition) is 3. The molecule has 0 radical (unpaired) electrons. The fourth-order valence-electron chi connectivity index (χ4n) is 2.96. The van der Waals surface area contributed by atoms with E-state index in [0.717, 1.165) is 17.1 Å². The number of anilines is 1. The highest BCUT2D eigenvalue weighted by atomic mass is 19.1. The lowest BCUT2D eigenvalue weighted by atomic mass is 10.0. The maximum atomic E-state index is 13.5. The highest BCUT2D eigenvalue weighted by molar-refractivity contribution is 6.31. The summed E-state index contributed by atoms with van der Waals surface area (Å²) in [5, 5.41) is 8.85. The number of dihydropyridines is 1. The quantitative estimate of drug-likeness (QED) is 0.696. The average Bonchev–Trinajstić information content (AvgIpc) is 2.91. The van der Waals surface area contributed by atoms with E-state index in [1.54, 1.807) is 12.1 Å². The number of halogens is 1. The van der Waals surface area contributed by atoms with Gasteiger partial charge in [-0.15, -0.1) is 0 Å². The van der Waals surface area contributed by atoms with Crippen LogP contribution in [0.15, 0.2) is 47.4 Å². The van der Waals surface area contributed by atoms with Crippen LogP contribution in [0, 0.1) is 5.82 Å². The topological polar surface area (TPSA) is 73.5 Å². The first-order valence-corrected chi connectivity index (χ1v) is 8.78. The first kappa shape index (κ1) is 18.8. The molecule has 2 amide bonds. The smallest absolute Gasteiger partial charge is 0.256 e. The third kappa shape index (κ3) is 4.43. The van der Waals surface area contributed by atoms with E-state index < -0.39 is 0 Å². The van der Waals surface area contributed by atoms with E-state index in [2.05, 4.69) is 16.0 Å². The van der Waals surface area contributed by atoms with Gasteiger partial charge in [-0.2, -0.15) is 0 Å². The Kier molecular flexibility index (Phi) is 5.41. The summed E-state index contributed by atoms with van der Waals surface area (Å²) in [5.41, 5.74) is 3.93. The van der Waals surface area contributed by atoms with E-state index in [-0.39, 0.29) is 17.6 Å². The average molecular weight is 370 g/mol. The SMILES string of the molecule is CC1=C(NC(=O)CCN(C)C)CC=C(/C=C2\C(=O)Nc3ccc(F)cc32)N1. The Balaban J connectivity index is 1.70. The van der Waals surface area contributed by atoms with Crippen LogP contribution in [-0.4, -0.2) is 37.4 Å². The minimum atomic E-state index is -0.388. The molecule has 0 spiro atoms. The van der Waals surface area contributed by atoms with E-state index >= 15 is 0 Å². The summed E-state index contributed by atoms with van der Waals surface area (Å²) in [6.07, 6.45) is 4.57. The Hall–Kier alpha value is -2.93. The molecule has 1 aromatic rings. The van der Waals surface area contributed by atoms with Crippen LogP contribution < -0.4 is 16.0 Å². The Morgan fingerprint density at radius 1 is 1.33 bits per heavy atom. The predicted molar refractivity (Wildman–Crippen MR) is 103 cm³/mol. The number of carbonyl (C=O) groups excluding carboxylic acids is 2. The van der Waals surface area contributed by atoms with Gasteiger partial charge in [-0.25, -0.2) is 4.39 Å². The van der Waals surface area contributed by atoms with E-state index in [0.29, 0.717) is 36.2 Å². The molecule has 2 aliphatic heterocycles. The molecule has 7 heteroatoms. The van der Waals surface area contributed by atoms with Crippen molar-refractivity contribution in [1.29, 1.82) is 0 Å². The number of benzene rings is 1. The van der Waals surface area contributed by atoms with Gasteiger partial charge >= 0.3 is 0 Å². The van der Waals surface area contributed by atoms with Crippen LogP contribution in [0.1, 0.15) is 25.3 Å². The van der Waals surface area contributed by atoms with Gasteiger partial charge < -0.3 is 20.9 Å². The van der Waals surface area contributed by atoms with E-state index in [9.17, 15) is 14.0 Å². The number of rotatable bonds is 5. The van der Waals surface area contributed by atoms with Gasteiger partial charge in [0.2, 0.25) is 5.91 Å². The monoisotopic (exact) mass is 370 g/mol. The molecule has 2 aliphatic rings. The first-order valence-electron chi connectivity index (χ1n) is 8.78. The van der Waals surface area contributed by atoms with Crippen molar-refractivity contribution in [2.24, 2.45) is 0 Å². The molecule has 0 fully saturated rings. The molecule has 3 rings (SSSR count). The summed E-state index contributed by atoms with van der Waals surface area (Å²) < 4.78 is 13.5. The molecular formula is C20H23FN4O2. The van der Waals surface area contributed by atoms with Gasteiger partial charge in [0.1, 0.15) is 5.82 Å². The third-order valence-electron chi connectivity index (χ3n) is 4.45. The van der Waals surface area contributed by atoms with Crippen LogP contribution in [0.3, 0.4) is 0 Å². The number of allylic oxidation sites excluding steroid dienone is 3. The molecule has 27 heavy (non-hydrogen) atoms. The maximum absolute atomic E-state index is 13.5. The first-order chi connectivity index (χ1) is 12.8. The van der Waals surface area contributed by atoms with Crippen LogP contribution in [-0.2, 0) is 9.59 Å². The summed E-state index contributed by atoms with van der Waals surface area (Å²) in [6, 6.07) is 4.22. The van der Waals surface area contributed by atoms with Gasteiger partial charge in [-0.1, -0.05) is 6.08 Å². The summed E-state index contributed by atoms with van der Waals surface area (Å²) in [5.74, 6) is -0.683. The van der Waals surface area contributed by atoms with Gasteiger partial charge in [-0.05, 0) is 45.3 Å². The molecule has 0 saturated heterocycles. The van der Waals surface area contributed by atoms with Crippen LogP contribution in [0.2, 0.25) is 0 Å². The number of nitrogens with zero attached hydrogens (tertiary/aromatic N) is 1. The zero-order chi connectivity index (χ0) is 19.6. The zero-order valence-corrected chi connectivity index (χ0v) is 15.6. The minimum Gasteiger partial charge on any atom is -0.358 e. The van der Waals surface area contributed by atoms with Gasteiger partial charge in [0.25, 0.3) is 5.91 Å². The van der Waals surface area contributed by atoms with Gasteiger partial charge in [0.05, 0.1) is 5.57 Å². The summed E-state index contributed by atoms with van der Waals surface area (Å²) in [4.78, 5) is 26.2. The van der Waals surface area contributed by atoms with Gasteiger partial charge in [0, 0.05) is 47.7 Å². The standard InChI is InChI=1S/C20H23FN4O2/c1-12-17(23-19(26)8-9-25(2)3)7-5-14(22-12)11-16-15-10-13(21)4-6-18(15)24-20(16)27/h4-6,10-11,22H,7-9H2,1-3H3,(H,23,26)(H,24,27)/b16-11-. The second kappa shape index (κ2) is 7.75. The van der Waals surface area contributed by atoms with E-state index in [1.807, 2.05) is 32.0 Å². The number of nitrogens with one attached hydrogen (secondary N) is 3.